The van der Waals surface area contributed by atoms with Crippen molar-refractivity contribution in [3.63, 3.8) is 0 Å². The molecule has 0 bridgehead atoms. The van der Waals surface area contributed by atoms with E-state index in [2.05, 4.69) is 39.4 Å². The van der Waals surface area contributed by atoms with Crippen LogP contribution in [0.2, 0.25) is 0 Å². The summed E-state index contributed by atoms with van der Waals surface area (Å²) in [5.41, 5.74) is 0. The molecule has 2 aromatic rings. The molecule has 0 spiro atoms. The summed E-state index contributed by atoms with van der Waals surface area (Å²) in [6.45, 7) is 3.63. The Morgan fingerprint density at radius 2 is 1.92 bits per heavy atom. The lowest BCUT2D eigenvalue weighted by molar-refractivity contribution is 0.582. The SMILES string of the molecule is CN=C(NCCNS(=O)(=O)c1cccs1)NCC(C)Sc1ccccc1. The highest BCUT2D eigenvalue weighted by atomic mass is 32.2. The third kappa shape index (κ3) is 6.99. The first-order valence-corrected chi connectivity index (χ1v) is 11.4. The number of hydrogen-bond acceptors (Lipinski definition) is 5. The summed E-state index contributed by atoms with van der Waals surface area (Å²) in [4.78, 5) is 5.39. The molecule has 6 nitrogen and oxygen atoms in total. The number of sulfonamides is 1. The van der Waals surface area contributed by atoms with Crippen molar-refractivity contribution in [1.29, 1.82) is 0 Å². The van der Waals surface area contributed by atoms with E-state index in [-0.39, 0.29) is 6.54 Å². The van der Waals surface area contributed by atoms with Crippen molar-refractivity contribution in [2.75, 3.05) is 26.7 Å². The maximum Gasteiger partial charge on any atom is 0.250 e. The van der Waals surface area contributed by atoms with E-state index in [1.807, 2.05) is 18.2 Å². The summed E-state index contributed by atoms with van der Waals surface area (Å²) >= 11 is 2.99. The minimum atomic E-state index is -3.42. The molecule has 0 fully saturated rings. The maximum atomic E-state index is 12.0. The quantitative estimate of drug-likeness (QED) is 0.255. The van der Waals surface area contributed by atoms with E-state index in [4.69, 9.17) is 0 Å². The zero-order valence-corrected chi connectivity index (χ0v) is 17.3. The summed E-state index contributed by atoms with van der Waals surface area (Å²) in [6.07, 6.45) is 0. The molecule has 0 aliphatic rings. The first-order valence-electron chi connectivity index (χ1n) is 8.20. The first kappa shape index (κ1) is 20.8. The Morgan fingerprint density at radius 1 is 1.15 bits per heavy atom. The van der Waals surface area contributed by atoms with Crippen molar-refractivity contribution in [3.8, 4) is 0 Å². The molecule has 142 valence electrons. The van der Waals surface area contributed by atoms with Crippen molar-refractivity contribution in [3.05, 3.63) is 47.8 Å². The number of thiophene rings is 1. The highest BCUT2D eigenvalue weighted by Crippen LogP contribution is 2.21. The van der Waals surface area contributed by atoms with Gasteiger partial charge >= 0.3 is 0 Å². The van der Waals surface area contributed by atoms with Gasteiger partial charge in [-0.05, 0) is 23.6 Å². The molecule has 1 aromatic heterocycles. The number of hydrogen-bond donors (Lipinski definition) is 3. The predicted molar refractivity (Wildman–Crippen MR) is 111 cm³/mol. The van der Waals surface area contributed by atoms with E-state index in [1.165, 1.54) is 16.2 Å². The molecular formula is C17H24N4O2S3. The molecule has 1 atom stereocenters. The molecule has 0 aliphatic heterocycles. The van der Waals surface area contributed by atoms with E-state index in [0.29, 0.717) is 22.0 Å². The molecule has 0 aliphatic carbocycles. The summed E-state index contributed by atoms with van der Waals surface area (Å²) in [5.74, 6) is 0.654. The van der Waals surface area contributed by atoms with E-state index in [9.17, 15) is 8.42 Å². The van der Waals surface area contributed by atoms with E-state index < -0.39 is 10.0 Å². The number of nitrogens with one attached hydrogen (secondary N) is 3. The molecule has 2 rings (SSSR count). The molecule has 0 radical (unpaired) electrons. The number of guanidine groups is 1. The van der Waals surface area contributed by atoms with Crippen molar-refractivity contribution >= 4 is 39.1 Å². The Balaban J connectivity index is 1.68. The van der Waals surface area contributed by atoms with E-state index in [0.717, 1.165) is 6.54 Å². The van der Waals surface area contributed by atoms with Crippen LogP contribution in [-0.4, -0.2) is 46.3 Å². The fraction of sp³-hybridized carbons (Fsp3) is 0.353. The first-order chi connectivity index (χ1) is 12.5. The zero-order valence-electron chi connectivity index (χ0n) is 14.8. The van der Waals surface area contributed by atoms with Crippen LogP contribution in [0.5, 0.6) is 0 Å². The van der Waals surface area contributed by atoms with Gasteiger partial charge in [-0.1, -0.05) is 31.2 Å². The van der Waals surface area contributed by atoms with Crippen LogP contribution in [0.4, 0.5) is 0 Å². The molecule has 1 heterocycles. The molecule has 9 heteroatoms. The molecule has 0 saturated heterocycles. The van der Waals surface area contributed by atoms with Crippen LogP contribution in [0.15, 0.2) is 61.9 Å². The number of benzene rings is 1. The lowest BCUT2D eigenvalue weighted by atomic mass is 10.4. The second kappa shape index (κ2) is 10.6. The second-order valence-electron chi connectivity index (χ2n) is 5.45. The molecule has 26 heavy (non-hydrogen) atoms. The summed E-state index contributed by atoms with van der Waals surface area (Å²) in [6, 6.07) is 13.6. The van der Waals surface area contributed by atoms with Crippen molar-refractivity contribution in [1.82, 2.24) is 15.4 Å². The van der Waals surface area contributed by atoms with Crippen LogP contribution in [0.25, 0.3) is 0 Å². The largest absolute Gasteiger partial charge is 0.355 e. The van der Waals surface area contributed by atoms with Crippen LogP contribution in [0, 0.1) is 0 Å². The van der Waals surface area contributed by atoms with Gasteiger partial charge in [-0.2, -0.15) is 0 Å². The smallest absolute Gasteiger partial charge is 0.250 e. The van der Waals surface area contributed by atoms with Gasteiger partial charge in [0.05, 0.1) is 0 Å². The topological polar surface area (TPSA) is 82.6 Å². The maximum absolute atomic E-state index is 12.0. The van der Waals surface area contributed by atoms with Gasteiger partial charge in [0.2, 0.25) is 10.0 Å². The third-order valence-corrected chi connectivity index (χ3v) is 7.30. The van der Waals surface area contributed by atoms with Crippen molar-refractivity contribution in [2.45, 2.75) is 21.3 Å². The zero-order chi connectivity index (χ0) is 18.8. The van der Waals surface area contributed by atoms with Gasteiger partial charge in [-0.15, -0.1) is 23.1 Å². The second-order valence-corrected chi connectivity index (χ2v) is 9.90. The number of aliphatic imine (C=N–C) groups is 1. The van der Waals surface area contributed by atoms with E-state index in [1.54, 1.807) is 36.3 Å². The number of nitrogens with zero attached hydrogens (tertiary/aromatic N) is 1. The van der Waals surface area contributed by atoms with Gasteiger partial charge in [0.1, 0.15) is 4.21 Å². The number of rotatable bonds is 9. The Hall–Kier alpha value is -1.55. The van der Waals surface area contributed by atoms with Crippen LogP contribution in [0.3, 0.4) is 0 Å². The summed E-state index contributed by atoms with van der Waals surface area (Å²) in [7, 11) is -1.72. The van der Waals surface area contributed by atoms with Gasteiger partial charge in [0.15, 0.2) is 5.96 Å². The molecule has 0 amide bonds. The van der Waals surface area contributed by atoms with Gasteiger partial charge in [-0.25, -0.2) is 13.1 Å². The van der Waals surface area contributed by atoms with Crippen molar-refractivity contribution in [2.24, 2.45) is 4.99 Å². The Bertz CT molecular complexity index is 778. The average molecular weight is 413 g/mol. The Morgan fingerprint density at radius 3 is 2.58 bits per heavy atom. The lowest BCUT2D eigenvalue weighted by Gasteiger charge is -2.16. The van der Waals surface area contributed by atoms with Gasteiger partial charge in [-0.3, -0.25) is 4.99 Å². The van der Waals surface area contributed by atoms with Crippen LogP contribution in [-0.2, 0) is 10.0 Å². The minimum absolute atomic E-state index is 0.287. The minimum Gasteiger partial charge on any atom is -0.355 e. The monoisotopic (exact) mass is 412 g/mol. The Kier molecular flexibility index (Phi) is 8.43. The lowest BCUT2D eigenvalue weighted by Crippen LogP contribution is -2.43. The highest BCUT2D eigenvalue weighted by molar-refractivity contribution is 8.00. The van der Waals surface area contributed by atoms with Gasteiger partial charge < -0.3 is 10.6 Å². The molecule has 1 unspecified atom stereocenters. The van der Waals surface area contributed by atoms with Crippen LogP contribution in [0.1, 0.15) is 6.92 Å². The van der Waals surface area contributed by atoms with Gasteiger partial charge in [0.25, 0.3) is 0 Å². The fourth-order valence-corrected chi connectivity index (χ4v) is 5.10. The standard InChI is InChI=1S/C17H24N4O2S3/c1-14(25-15-7-4-3-5-8-15)13-20-17(18-2)19-10-11-21-26(22,23)16-9-6-12-24-16/h3-9,12,14,21H,10-11,13H2,1-2H3,(H2,18,19,20). The van der Waals surface area contributed by atoms with E-state index >= 15 is 0 Å². The third-order valence-electron chi connectivity index (χ3n) is 3.33. The highest BCUT2D eigenvalue weighted by Gasteiger charge is 2.13. The molecular weight excluding hydrogens is 388 g/mol. The average Bonchev–Trinajstić information content (AvgIpc) is 3.17. The van der Waals surface area contributed by atoms with Gasteiger partial charge in [0, 0.05) is 36.8 Å². The fourth-order valence-electron chi connectivity index (χ4n) is 2.09. The summed E-state index contributed by atoms with van der Waals surface area (Å²) in [5, 5.41) is 8.48. The van der Waals surface area contributed by atoms with Crippen molar-refractivity contribution < 1.29 is 8.42 Å². The number of thioether (sulfide) groups is 1. The normalized spacial score (nSPS) is 13.4. The Labute approximate surface area is 163 Å². The predicted octanol–water partition coefficient (Wildman–Crippen LogP) is 2.37. The summed E-state index contributed by atoms with van der Waals surface area (Å²) < 4.78 is 26.9. The molecule has 1 aromatic carbocycles. The molecule has 0 saturated carbocycles. The van der Waals surface area contributed by atoms with Crippen LogP contribution < -0.4 is 15.4 Å². The van der Waals surface area contributed by atoms with Crippen LogP contribution >= 0.6 is 23.1 Å². The molecule has 3 N–H and O–H groups in total.